The minimum atomic E-state index is -4.71. The average Bonchev–Trinajstić information content (AvgIpc) is 2.87. The molecule has 104 valence electrons. The molecule has 0 aliphatic heterocycles. The summed E-state index contributed by atoms with van der Waals surface area (Å²) in [5.41, 5.74) is 0.108. The fourth-order valence-corrected chi connectivity index (χ4v) is 1.32. The van der Waals surface area contributed by atoms with Crippen molar-refractivity contribution in [2.45, 2.75) is 6.18 Å². The first-order chi connectivity index (χ1) is 9.38. The molecule has 1 aromatic carbocycles. The van der Waals surface area contributed by atoms with E-state index < -0.39 is 29.6 Å². The number of hydrogen-bond acceptors (Lipinski definition) is 4. The van der Waals surface area contributed by atoms with Crippen LogP contribution < -0.4 is 5.32 Å². The molecule has 0 radical (unpaired) electrons. The van der Waals surface area contributed by atoms with Crippen LogP contribution in [0.5, 0.6) is 0 Å². The highest BCUT2D eigenvalue weighted by Gasteiger charge is 2.35. The minimum Gasteiger partial charge on any atom is -0.286 e. The third-order valence-electron chi connectivity index (χ3n) is 2.22. The summed E-state index contributed by atoms with van der Waals surface area (Å²) in [5, 5.41) is 6.67. The first kappa shape index (κ1) is 13.7. The van der Waals surface area contributed by atoms with Crippen LogP contribution in [0.3, 0.4) is 0 Å². The van der Waals surface area contributed by atoms with E-state index >= 15 is 0 Å². The van der Waals surface area contributed by atoms with Gasteiger partial charge < -0.3 is 0 Å². The van der Waals surface area contributed by atoms with Crippen molar-refractivity contribution in [1.82, 2.24) is 15.2 Å². The van der Waals surface area contributed by atoms with Crippen LogP contribution in [0, 0.1) is 0 Å². The Labute approximate surface area is 110 Å². The molecule has 0 fully saturated rings. The lowest BCUT2D eigenvalue weighted by molar-refractivity contribution is -0.144. The van der Waals surface area contributed by atoms with Gasteiger partial charge in [0.2, 0.25) is 11.8 Å². The number of nitrogens with one attached hydrogen (secondary N) is 2. The molecule has 9 heteroatoms. The molecule has 6 nitrogen and oxygen atoms in total. The molecule has 0 aliphatic carbocycles. The van der Waals surface area contributed by atoms with Gasteiger partial charge in [0.1, 0.15) is 0 Å². The SMILES string of the molecule is O=C(Nc1n[nH]c(C(F)(F)F)n1)C(=O)c1ccccc1. The number of anilines is 1. The Bertz CT molecular complexity index is 637. The summed E-state index contributed by atoms with van der Waals surface area (Å²) >= 11 is 0. The summed E-state index contributed by atoms with van der Waals surface area (Å²) in [6.45, 7) is 0. The smallest absolute Gasteiger partial charge is 0.286 e. The highest BCUT2D eigenvalue weighted by atomic mass is 19.4. The zero-order valence-corrected chi connectivity index (χ0v) is 9.73. The highest BCUT2D eigenvalue weighted by molar-refractivity contribution is 6.46. The standard InChI is InChI=1S/C11H7F3N4O2/c12-11(13,14)9-16-10(18-17-9)15-8(20)7(19)6-4-2-1-3-5-6/h1-5H,(H2,15,16,17,18,20). The van der Waals surface area contributed by atoms with E-state index in [2.05, 4.69) is 10.1 Å². The molecule has 0 bridgehead atoms. The molecule has 2 N–H and O–H groups in total. The Morgan fingerprint density at radius 3 is 2.35 bits per heavy atom. The van der Waals surface area contributed by atoms with E-state index in [4.69, 9.17) is 0 Å². The number of Topliss-reactive ketones (excluding diaryl/α,β-unsaturated/α-hetero) is 1. The lowest BCUT2D eigenvalue weighted by atomic mass is 10.1. The van der Waals surface area contributed by atoms with Crippen molar-refractivity contribution in [3.63, 3.8) is 0 Å². The van der Waals surface area contributed by atoms with Crippen molar-refractivity contribution >= 4 is 17.6 Å². The fourth-order valence-electron chi connectivity index (χ4n) is 1.32. The number of rotatable bonds is 3. The van der Waals surface area contributed by atoms with E-state index in [1.54, 1.807) is 23.3 Å². The quantitative estimate of drug-likeness (QED) is 0.662. The Hall–Kier alpha value is -2.71. The average molecular weight is 284 g/mol. The maximum absolute atomic E-state index is 12.2. The van der Waals surface area contributed by atoms with Gasteiger partial charge in [0.05, 0.1) is 0 Å². The number of carbonyl (C=O) groups is 2. The number of aromatic nitrogens is 3. The van der Waals surface area contributed by atoms with Crippen molar-refractivity contribution in [2.24, 2.45) is 0 Å². The Balaban J connectivity index is 2.09. The van der Waals surface area contributed by atoms with Gasteiger partial charge in [0.25, 0.3) is 11.7 Å². The summed E-state index contributed by atoms with van der Waals surface area (Å²) in [4.78, 5) is 26.2. The largest absolute Gasteiger partial charge is 0.451 e. The minimum absolute atomic E-state index is 0.108. The number of benzene rings is 1. The van der Waals surface area contributed by atoms with Crippen LogP contribution in [0.2, 0.25) is 0 Å². The number of halogens is 3. The second-order valence-electron chi connectivity index (χ2n) is 3.65. The van der Waals surface area contributed by atoms with Gasteiger partial charge in [-0.3, -0.25) is 20.0 Å². The molecular formula is C11H7F3N4O2. The number of ketones is 1. The molecule has 0 spiro atoms. The molecule has 1 amide bonds. The molecule has 0 saturated heterocycles. The second kappa shape index (κ2) is 5.11. The van der Waals surface area contributed by atoms with Gasteiger partial charge in [0.15, 0.2) is 0 Å². The maximum atomic E-state index is 12.2. The van der Waals surface area contributed by atoms with Gasteiger partial charge in [-0.1, -0.05) is 30.3 Å². The van der Waals surface area contributed by atoms with Gasteiger partial charge >= 0.3 is 6.18 Å². The number of nitrogens with zero attached hydrogens (tertiary/aromatic N) is 2. The maximum Gasteiger partial charge on any atom is 0.451 e. The number of carbonyl (C=O) groups excluding carboxylic acids is 2. The van der Waals surface area contributed by atoms with Crippen molar-refractivity contribution < 1.29 is 22.8 Å². The molecule has 1 heterocycles. The third kappa shape index (κ3) is 2.99. The molecule has 20 heavy (non-hydrogen) atoms. The number of aromatic amines is 1. The second-order valence-corrected chi connectivity index (χ2v) is 3.65. The first-order valence-electron chi connectivity index (χ1n) is 5.28. The molecule has 0 atom stereocenters. The van der Waals surface area contributed by atoms with E-state index in [1.165, 1.54) is 12.1 Å². The monoisotopic (exact) mass is 284 g/mol. The number of amides is 1. The molecule has 1 aromatic heterocycles. The summed E-state index contributed by atoms with van der Waals surface area (Å²) in [7, 11) is 0. The highest BCUT2D eigenvalue weighted by Crippen LogP contribution is 2.26. The van der Waals surface area contributed by atoms with E-state index in [1.807, 2.05) is 5.32 Å². The van der Waals surface area contributed by atoms with Gasteiger partial charge in [0, 0.05) is 5.56 Å². The fraction of sp³-hybridized carbons (Fsp3) is 0.0909. The van der Waals surface area contributed by atoms with Gasteiger partial charge in [-0.15, -0.1) is 5.10 Å². The predicted molar refractivity (Wildman–Crippen MR) is 60.8 cm³/mol. The summed E-state index contributed by atoms with van der Waals surface area (Å²) < 4.78 is 36.7. The van der Waals surface area contributed by atoms with Crippen LogP contribution >= 0.6 is 0 Å². The number of alkyl halides is 3. The molecule has 0 saturated carbocycles. The molecule has 2 rings (SSSR count). The molecule has 0 unspecified atom stereocenters. The van der Waals surface area contributed by atoms with Crippen molar-refractivity contribution in [2.75, 3.05) is 5.32 Å². The first-order valence-corrected chi connectivity index (χ1v) is 5.28. The van der Waals surface area contributed by atoms with E-state index in [0.717, 1.165) is 0 Å². The summed E-state index contributed by atoms with van der Waals surface area (Å²) in [6, 6.07) is 7.56. The Morgan fingerprint density at radius 1 is 1.15 bits per heavy atom. The lowest BCUT2D eigenvalue weighted by Crippen LogP contribution is -2.23. The summed E-state index contributed by atoms with van der Waals surface area (Å²) in [5.74, 6) is -4.00. The third-order valence-corrected chi connectivity index (χ3v) is 2.22. The molecule has 0 aliphatic rings. The van der Waals surface area contributed by atoms with Crippen LogP contribution in [-0.4, -0.2) is 26.9 Å². The van der Waals surface area contributed by atoms with E-state index in [9.17, 15) is 22.8 Å². The van der Waals surface area contributed by atoms with Gasteiger partial charge in [-0.25, -0.2) is 0 Å². The van der Waals surface area contributed by atoms with Crippen molar-refractivity contribution in [1.29, 1.82) is 0 Å². The molecule has 2 aromatic rings. The van der Waals surface area contributed by atoms with Gasteiger partial charge in [-0.05, 0) is 0 Å². The van der Waals surface area contributed by atoms with Crippen LogP contribution in [-0.2, 0) is 11.0 Å². The number of H-pyrrole nitrogens is 1. The predicted octanol–water partition coefficient (Wildman–Crippen LogP) is 1.64. The zero-order chi connectivity index (χ0) is 14.8. The zero-order valence-electron chi connectivity index (χ0n) is 9.73. The normalized spacial score (nSPS) is 11.2. The topological polar surface area (TPSA) is 87.7 Å². The Kier molecular flexibility index (Phi) is 3.51. The van der Waals surface area contributed by atoms with Crippen molar-refractivity contribution in [3.05, 3.63) is 41.7 Å². The van der Waals surface area contributed by atoms with Crippen LogP contribution in [0.1, 0.15) is 16.2 Å². The van der Waals surface area contributed by atoms with Crippen LogP contribution in [0.4, 0.5) is 19.1 Å². The number of hydrogen-bond donors (Lipinski definition) is 2. The lowest BCUT2D eigenvalue weighted by Gasteiger charge is -2.00. The van der Waals surface area contributed by atoms with Crippen LogP contribution in [0.25, 0.3) is 0 Å². The van der Waals surface area contributed by atoms with Crippen molar-refractivity contribution in [3.8, 4) is 0 Å². The Morgan fingerprint density at radius 2 is 1.80 bits per heavy atom. The van der Waals surface area contributed by atoms with E-state index in [0.29, 0.717) is 0 Å². The van der Waals surface area contributed by atoms with Crippen LogP contribution in [0.15, 0.2) is 30.3 Å². The molecular weight excluding hydrogens is 277 g/mol. The van der Waals surface area contributed by atoms with Gasteiger partial charge in [-0.2, -0.15) is 18.2 Å². The summed E-state index contributed by atoms with van der Waals surface area (Å²) in [6.07, 6.45) is -4.71. The van der Waals surface area contributed by atoms with E-state index in [-0.39, 0.29) is 5.56 Å².